The molecule has 0 aliphatic heterocycles. The molecular weight excluding hydrogens is 226 g/mol. The largest absolute Gasteiger partial charge is 0.299 e. The van der Waals surface area contributed by atoms with Gasteiger partial charge in [0.25, 0.3) is 0 Å². The topological polar surface area (TPSA) is 3.24 Å². The first-order valence-corrected chi connectivity index (χ1v) is 4.87. The zero-order valence-electron chi connectivity index (χ0n) is 7.84. The Morgan fingerprint density at radius 1 is 1.38 bits per heavy atom. The van der Waals surface area contributed by atoms with Crippen molar-refractivity contribution in [1.82, 2.24) is 4.90 Å². The van der Waals surface area contributed by atoms with Crippen LogP contribution >= 0.6 is 15.9 Å². The fraction of sp³-hybridized carbons (Fsp3) is 0.273. The minimum atomic E-state index is 0.798. The number of halogens is 1. The van der Waals surface area contributed by atoms with Gasteiger partial charge in [-0.15, -0.1) is 0 Å². The average molecular weight is 238 g/mol. The van der Waals surface area contributed by atoms with Gasteiger partial charge in [0.2, 0.25) is 0 Å². The summed E-state index contributed by atoms with van der Waals surface area (Å²) >= 11 is 3.40. The van der Waals surface area contributed by atoms with Crippen molar-refractivity contribution in [2.45, 2.75) is 0 Å². The molecule has 0 aliphatic rings. The molecule has 0 heterocycles. The van der Waals surface area contributed by atoms with Crippen LogP contribution in [-0.4, -0.2) is 25.5 Å². The summed E-state index contributed by atoms with van der Waals surface area (Å²) in [5.41, 5.74) is 1.05. The maximum Gasteiger partial charge on any atom is 0.0600 e. The molecule has 1 aromatic carbocycles. The Kier molecular flexibility index (Phi) is 4.01. The molecule has 13 heavy (non-hydrogen) atoms. The van der Waals surface area contributed by atoms with Gasteiger partial charge in [0.1, 0.15) is 0 Å². The third-order valence-electron chi connectivity index (χ3n) is 1.45. The normalized spacial score (nSPS) is 9.54. The van der Waals surface area contributed by atoms with E-state index in [4.69, 9.17) is 0 Å². The van der Waals surface area contributed by atoms with Gasteiger partial charge in [0, 0.05) is 10.0 Å². The molecule has 0 unspecified atom stereocenters. The first kappa shape index (κ1) is 10.3. The maximum atomic E-state index is 3.40. The van der Waals surface area contributed by atoms with E-state index in [0.29, 0.717) is 0 Å². The van der Waals surface area contributed by atoms with Gasteiger partial charge in [0.15, 0.2) is 0 Å². The monoisotopic (exact) mass is 237 g/mol. The third-order valence-corrected chi connectivity index (χ3v) is 1.95. The van der Waals surface area contributed by atoms with E-state index >= 15 is 0 Å². The van der Waals surface area contributed by atoms with Crippen molar-refractivity contribution in [1.29, 1.82) is 0 Å². The molecule has 0 bridgehead atoms. The number of benzene rings is 1. The molecule has 1 aromatic rings. The predicted octanol–water partition coefficient (Wildman–Crippen LogP) is 2.36. The Hall–Kier alpha value is -0.780. The van der Waals surface area contributed by atoms with Crippen molar-refractivity contribution in [3.8, 4) is 11.8 Å². The Morgan fingerprint density at radius 3 is 2.77 bits per heavy atom. The summed E-state index contributed by atoms with van der Waals surface area (Å²) in [5, 5.41) is 0. The molecule has 0 aliphatic carbocycles. The molecule has 0 spiro atoms. The second kappa shape index (κ2) is 5.06. The molecule has 0 radical (unpaired) electrons. The van der Waals surface area contributed by atoms with Crippen LogP contribution in [0.25, 0.3) is 0 Å². The van der Waals surface area contributed by atoms with E-state index in [0.717, 1.165) is 16.6 Å². The van der Waals surface area contributed by atoms with Crippen molar-refractivity contribution in [2.75, 3.05) is 20.6 Å². The van der Waals surface area contributed by atoms with Crippen LogP contribution in [0.2, 0.25) is 0 Å². The fourth-order valence-corrected chi connectivity index (χ4v) is 1.27. The number of nitrogens with zero attached hydrogens (tertiary/aromatic N) is 1. The summed E-state index contributed by atoms with van der Waals surface area (Å²) in [6.45, 7) is 0.798. The number of rotatable bonds is 1. The van der Waals surface area contributed by atoms with Crippen molar-refractivity contribution in [3.05, 3.63) is 34.3 Å². The highest BCUT2D eigenvalue weighted by Gasteiger charge is 1.87. The Balaban J connectivity index is 2.66. The molecule has 1 nitrogen and oxygen atoms in total. The first-order valence-electron chi connectivity index (χ1n) is 4.07. The SMILES string of the molecule is CN(C)CC#Cc1cccc(Br)c1. The molecule has 1 rings (SSSR count). The lowest BCUT2D eigenvalue weighted by atomic mass is 10.2. The Bertz CT molecular complexity index is 333. The first-order chi connectivity index (χ1) is 6.18. The molecule has 0 aromatic heterocycles. The van der Waals surface area contributed by atoms with Gasteiger partial charge in [-0.2, -0.15) is 0 Å². The summed E-state index contributed by atoms with van der Waals surface area (Å²) in [7, 11) is 4.02. The Labute approximate surface area is 87.9 Å². The van der Waals surface area contributed by atoms with Crippen LogP contribution in [0.1, 0.15) is 5.56 Å². The summed E-state index contributed by atoms with van der Waals surface area (Å²) in [5.74, 6) is 6.18. The summed E-state index contributed by atoms with van der Waals surface area (Å²) in [6, 6.07) is 8.01. The van der Waals surface area contributed by atoms with Crippen molar-refractivity contribution < 1.29 is 0 Å². The van der Waals surface area contributed by atoms with E-state index in [-0.39, 0.29) is 0 Å². The molecule has 0 saturated heterocycles. The predicted molar refractivity (Wildman–Crippen MR) is 59.6 cm³/mol. The lowest BCUT2D eigenvalue weighted by molar-refractivity contribution is 0.464. The van der Waals surface area contributed by atoms with E-state index < -0.39 is 0 Å². The maximum absolute atomic E-state index is 3.40. The van der Waals surface area contributed by atoms with Crippen molar-refractivity contribution in [3.63, 3.8) is 0 Å². The number of hydrogen-bond acceptors (Lipinski definition) is 1. The van der Waals surface area contributed by atoms with Gasteiger partial charge in [-0.1, -0.05) is 33.8 Å². The highest BCUT2D eigenvalue weighted by atomic mass is 79.9. The second-order valence-electron chi connectivity index (χ2n) is 3.05. The summed E-state index contributed by atoms with van der Waals surface area (Å²) in [4.78, 5) is 2.05. The number of hydrogen-bond donors (Lipinski definition) is 0. The smallest absolute Gasteiger partial charge is 0.0600 e. The van der Waals surface area contributed by atoms with Gasteiger partial charge in [0.05, 0.1) is 6.54 Å². The highest BCUT2D eigenvalue weighted by molar-refractivity contribution is 9.10. The van der Waals surface area contributed by atoms with Crippen molar-refractivity contribution >= 4 is 15.9 Å². The minimum absolute atomic E-state index is 0.798. The van der Waals surface area contributed by atoms with Crippen LogP contribution in [0, 0.1) is 11.8 Å². The van der Waals surface area contributed by atoms with Crippen LogP contribution in [0.15, 0.2) is 28.7 Å². The molecule has 0 N–H and O–H groups in total. The van der Waals surface area contributed by atoms with E-state index in [1.54, 1.807) is 0 Å². The zero-order chi connectivity index (χ0) is 9.68. The molecule has 0 saturated carbocycles. The standard InChI is InChI=1S/C11H12BrN/c1-13(2)8-4-6-10-5-3-7-11(12)9-10/h3,5,7,9H,8H2,1-2H3. The summed E-state index contributed by atoms with van der Waals surface area (Å²) in [6.07, 6.45) is 0. The van der Waals surface area contributed by atoms with Crippen LogP contribution in [0.4, 0.5) is 0 Å². The summed E-state index contributed by atoms with van der Waals surface area (Å²) < 4.78 is 1.07. The quantitative estimate of drug-likeness (QED) is 0.679. The molecule has 0 amide bonds. The average Bonchev–Trinajstić information content (AvgIpc) is 2.03. The van der Waals surface area contributed by atoms with Crippen molar-refractivity contribution in [2.24, 2.45) is 0 Å². The zero-order valence-corrected chi connectivity index (χ0v) is 9.43. The third kappa shape index (κ3) is 4.12. The van der Waals surface area contributed by atoms with Crippen LogP contribution in [0.3, 0.4) is 0 Å². The van der Waals surface area contributed by atoms with Gasteiger partial charge in [-0.05, 0) is 32.3 Å². The molecular formula is C11H12BrN. The highest BCUT2D eigenvalue weighted by Crippen LogP contribution is 2.10. The minimum Gasteiger partial charge on any atom is -0.299 e. The van der Waals surface area contributed by atoms with E-state index in [2.05, 4.69) is 27.8 Å². The van der Waals surface area contributed by atoms with E-state index in [1.165, 1.54) is 0 Å². The van der Waals surface area contributed by atoms with Gasteiger partial charge >= 0.3 is 0 Å². The van der Waals surface area contributed by atoms with E-state index in [9.17, 15) is 0 Å². The lowest BCUT2D eigenvalue weighted by Gasteiger charge is -2.00. The van der Waals surface area contributed by atoms with Crippen LogP contribution in [0.5, 0.6) is 0 Å². The Morgan fingerprint density at radius 2 is 2.15 bits per heavy atom. The molecule has 68 valence electrons. The second-order valence-corrected chi connectivity index (χ2v) is 3.97. The van der Waals surface area contributed by atoms with Gasteiger partial charge in [-0.25, -0.2) is 0 Å². The molecule has 2 heteroatoms. The van der Waals surface area contributed by atoms with E-state index in [1.807, 2.05) is 43.3 Å². The van der Waals surface area contributed by atoms with Crippen LogP contribution in [-0.2, 0) is 0 Å². The molecule has 0 atom stereocenters. The van der Waals surface area contributed by atoms with Gasteiger partial charge < -0.3 is 0 Å². The molecule has 0 fully saturated rings. The van der Waals surface area contributed by atoms with Crippen LogP contribution < -0.4 is 0 Å². The van der Waals surface area contributed by atoms with Gasteiger partial charge in [-0.3, -0.25) is 4.90 Å². The fourth-order valence-electron chi connectivity index (χ4n) is 0.866. The lowest BCUT2D eigenvalue weighted by Crippen LogP contribution is -2.10.